The van der Waals surface area contributed by atoms with E-state index < -0.39 is 0 Å². The number of H-pyrrole nitrogens is 1. The molecule has 4 rings (SSSR count). The molecular weight excluding hydrogens is 265 g/mol. The molecule has 3 heterocycles. The Labute approximate surface area is 124 Å². The Morgan fingerprint density at radius 3 is 3.00 bits per heavy atom. The first kappa shape index (κ1) is 13.3. The molecule has 1 N–H and O–H groups in total. The van der Waals surface area contributed by atoms with Crippen LogP contribution < -0.4 is 0 Å². The third-order valence-corrected chi connectivity index (χ3v) is 5.41. The summed E-state index contributed by atoms with van der Waals surface area (Å²) in [7, 11) is 2.24. The topological polar surface area (TPSA) is 22.3 Å². The molecule has 0 unspecified atom stereocenters. The number of aryl methyl sites for hydroxylation is 1. The van der Waals surface area contributed by atoms with E-state index in [1.54, 1.807) is 6.07 Å². The number of nitrogens with one attached hydrogen (secondary N) is 1. The molecule has 0 saturated carbocycles. The molecule has 2 atom stereocenters. The summed E-state index contributed by atoms with van der Waals surface area (Å²) >= 11 is 0. The Morgan fingerprint density at radius 2 is 2.19 bits per heavy atom. The van der Waals surface area contributed by atoms with E-state index in [1.165, 1.54) is 36.8 Å². The summed E-state index contributed by atoms with van der Waals surface area (Å²) in [5.74, 6) is 0.672. The van der Waals surface area contributed by atoms with Crippen molar-refractivity contribution < 1.29 is 4.39 Å². The molecule has 1 aromatic heterocycles. The molecule has 0 bridgehead atoms. The number of aromatic amines is 1. The van der Waals surface area contributed by atoms with E-state index in [0.717, 1.165) is 36.0 Å². The van der Waals surface area contributed by atoms with Gasteiger partial charge in [0, 0.05) is 42.3 Å². The van der Waals surface area contributed by atoms with Gasteiger partial charge in [-0.2, -0.15) is 0 Å². The fourth-order valence-electron chi connectivity index (χ4n) is 4.13. The molecule has 3 nitrogen and oxygen atoms in total. The Bertz CT molecular complexity index is 678. The van der Waals surface area contributed by atoms with Crippen molar-refractivity contribution in [1.82, 2.24) is 14.8 Å². The number of likely N-dealkylation sites (N-methyl/N-ethyl adjacent to an activating group) is 1. The molecule has 0 spiro atoms. The van der Waals surface area contributed by atoms with Crippen molar-refractivity contribution in [3.05, 3.63) is 35.3 Å². The van der Waals surface area contributed by atoms with Crippen LogP contribution in [0.25, 0.3) is 10.9 Å². The summed E-state index contributed by atoms with van der Waals surface area (Å²) in [6.07, 6.45) is 1.33. The average Bonchev–Trinajstić information content (AvgIpc) is 3.09. The second kappa shape index (κ2) is 4.82. The fourth-order valence-corrected chi connectivity index (χ4v) is 4.13. The molecule has 0 amide bonds. The van der Waals surface area contributed by atoms with Gasteiger partial charge in [-0.25, -0.2) is 4.39 Å². The van der Waals surface area contributed by atoms with E-state index in [9.17, 15) is 4.39 Å². The maximum Gasteiger partial charge on any atom is 0.123 e. The lowest BCUT2D eigenvalue weighted by Gasteiger charge is -2.20. The van der Waals surface area contributed by atoms with Crippen LogP contribution in [0.15, 0.2) is 18.2 Å². The van der Waals surface area contributed by atoms with Crippen LogP contribution in [0.3, 0.4) is 0 Å². The van der Waals surface area contributed by atoms with Gasteiger partial charge >= 0.3 is 0 Å². The van der Waals surface area contributed by atoms with Crippen LogP contribution in [0, 0.1) is 18.7 Å². The van der Waals surface area contributed by atoms with Crippen LogP contribution in [0.2, 0.25) is 0 Å². The summed E-state index contributed by atoms with van der Waals surface area (Å²) in [4.78, 5) is 8.51. The highest BCUT2D eigenvalue weighted by atomic mass is 19.1. The smallest absolute Gasteiger partial charge is 0.123 e. The minimum absolute atomic E-state index is 0.159. The van der Waals surface area contributed by atoms with Crippen molar-refractivity contribution in [1.29, 1.82) is 0 Å². The van der Waals surface area contributed by atoms with E-state index in [4.69, 9.17) is 0 Å². The third-order valence-electron chi connectivity index (χ3n) is 5.41. The average molecular weight is 287 g/mol. The van der Waals surface area contributed by atoms with Gasteiger partial charge < -0.3 is 9.88 Å². The first-order valence-electron chi connectivity index (χ1n) is 7.81. The van der Waals surface area contributed by atoms with Gasteiger partial charge in [-0.15, -0.1) is 0 Å². The standard InChI is InChI=1S/C17H22FN3/c1-11-14-7-13(18)3-4-15(14)19-16(11)9-21-8-12-5-6-20(2)17(12)10-21/h3-4,7,12,17,19H,5-6,8-10H2,1-2H3/t12-,17+/m0/s1. The zero-order chi connectivity index (χ0) is 14.6. The predicted molar refractivity (Wildman–Crippen MR) is 82.8 cm³/mol. The van der Waals surface area contributed by atoms with E-state index in [-0.39, 0.29) is 5.82 Å². The molecule has 21 heavy (non-hydrogen) atoms. The Kier molecular flexibility index (Phi) is 3.05. The van der Waals surface area contributed by atoms with Crippen molar-refractivity contribution in [2.24, 2.45) is 5.92 Å². The van der Waals surface area contributed by atoms with Gasteiger partial charge in [0.1, 0.15) is 5.82 Å². The maximum atomic E-state index is 13.4. The number of likely N-dealkylation sites (tertiary alicyclic amines) is 2. The van der Waals surface area contributed by atoms with Gasteiger partial charge in [-0.05, 0) is 56.6 Å². The highest BCUT2D eigenvalue weighted by Gasteiger charge is 2.39. The number of halogens is 1. The van der Waals surface area contributed by atoms with E-state index in [1.807, 2.05) is 6.07 Å². The maximum absolute atomic E-state index is 13.4. The molecule has 2 aliphatic heterocycles. The SMILES string of the molecule is Cc1c(CN2C[C@@H]3CCN(C)[C@@H]3C2)[nH]c2ccc(F)cc12. The molecule has 2 saturated heterocycles. The first-order valence-corrected chi connectivity index (χ1v) is 7.81. The highest BCUT2D eigenvalue weighted by molar-refractivity contribution is 5.84. The van der Waals surface area contributed by atoms with Gasteiger partial charge in [-0.1, -0.05) is 0 Å². The minimum Gasteiger partial charge on any atom is -0.357 e. The number of aromatic nitrogens is 1. The number of nitrogens with zero attached hydrogens (tertiary/aromatic N) is 2. The lowest BCUT2D eigenvalue weighted by molar-refractivity contribution is 0.254. The fraction of sp³-hybridized carbons (Fsp3) is 0.529. The molecule has 112 valence electrons. The molecular formula is C17H22FN3. The zero-order valence-corrected chi connectivity index (χ0v) is 12.7. The van der Waals surface area contributed by atoms with Crippen molar-refractivity contribution in [3.8, 4) is 0 Å². The Hall–Kier alpha value is -1.39. The zero-order valence-electron chi connectivity index (χ0n) is 12.7. The lowest BCUT2D eigenvalue weighted by atomic mass is 10.1. The van der Waals surface area contributed by atoms with E-state index in [2.05, 4.69) is 28.8 Å². The van der Waals surface area contributed by atoms with Crippen LogP contribution in [-0.2, 0) is 6.54 Å². The van der Waals surface area contributed by atoms with E-state index >= 15 is 0 Å². The molecule has 0 radical (unpaired) electrons. The van der Waals surface area contributed by atoms with Crippen LogP contribution in [0.1, 0.15) is 17.7 Å². The monoisotopic (exact) mass is 287 g/mol. The van der Waals surface area contributed by atoms with Gasteiger partial charge in [-0.3, -0.25) is 4.90 Å². The summed E-state index contributed by atoms with van der Waals surface area (Å²) in [5, 5.41) is 1.02. The summed E-state index contributed by atoms with van der Waals surface area (Å²) in [6, 6.07) is 5.73. The van der Waals surface area contributed by atoms with E-state index in [0.29, 0.717) is 0 Å². The number of fused-ring (bicyclic) bond motifs is 2. The Balaban J connectivity index is 1.57. The van der Waals surface area contributed by atoms with Crippen molar-refractivity contribution in [3.63, 3.8) is 0 Å². The number of rotatable bonds is 2. The quantitative estimate of drug-likeness (QED) is 0.917. The van der Waals surface area contributed by atoms with Gasteiger partial charge in [0.05, 0.1) is 0 Å². The van der Waals surface area contributed by atoms with Crippen molar-refractivity contribution >= 4 is 10.9 Å². The first-order chi connectivity index (χ1) is 10.1. The Morgan fingerprint density at radius 1 is 1.33 bits per heavy atom. The minimum atomic E-state index is -0.159. The van der Waals surface area contributed by atoms with Crippen LogP contribution >= 0.6 is 0 Å². The largest absolute Gasteiger partial charge is 0.357 e. The number of hydrogen-bond donors (Lipinski definition) is 1. The normalized spacial score (nSPS) is 26.8. The van der Waals surface area contributed by atoms with Crippen LogP contribution in [0.5, 0.6) is 0 Å². The number of hydrogen-bond acceptors (Lipinski definition) is 2. The lowest BCUT2D eigenvalue weighted by Crippen LogP contribution is -2.32. The molecule has 2 fully saturated rings. The molecule has 4 heteroatoms. The van der Waals surface area contributed by atoms with Gasteiger partial charge in [0.15, 0.2) is 0 Å². The summed E-state index contributed by atoms with van der Waals surface area (Å²) in [5.41, 5.74) is 3.47. The third kappa shape index (κ3) is 2.17. The van der Waals surface area contributed by atoms with Crippen molar-refractivity contribution in [2.75, 3.05) is 26.7 Å². The summed E-state index contributed by atoms with van der Waals surface area (Å²) < 4.78 is 13.4. The molecule has 2 aromatic rings. The van der Waals surface area contributed by atoms with Crippen LogP contribution in [0.4, 0.5) is 4.39 Å². The van der Waals surface area contributed by atoms with Gasteiger partial charge in [0.2, 0.25) is 0 Å². The molecule has 1 aromatic carbocycles. The van der Waals surface area contributed by atoms with Crippen LogP contribution in [-0.4, -0.2) is 47.5 Å². The highest BCUT2D eigenvalue weighted by Crippen LogP contribution is 2.32. The van der Waals surface area contributed by atoms with Gasteiger partial charge in [0.25, 0.3) is 0 Å². The predicted octanol–water partition coefficient (Wildman–Crippen LogP) is 2.75. The molecule has 0 aliphatic carbocycles. The second-order valence-electron chi connectivity index (χ2n) is 6.71. The molecule has 2 aliphatic rings. The second-order valence-corrected chi connectivity index (χ2v) is 6.71. The number of benzene rings is 1. The summed E-state index contributed by atoms with van der Waals surface area (Å²) in [6.45, 7) is 6.63. The van der Waals surface area contributed by atoms with Crippen molar-refractivity contribution in [2.45, 2.75) is 25.9 Å².